The number of nitrogens with zero attached hydrogens (tertiary/aromatic N) is 5. The molecule has 0 spiro atoms. The molecule has 2 aromatic heterocycles. The molecule has 0 aliphatic carbocycles. The summed E-state index contributed by atoms with van der Waals surface area (Å²) in [5, 5.41) is 8.65. The number of benzene rings is 1. The molecule has 3 rings (SSSR count). The fraction of sp³-hybridized carbons (Fsp3) is 0.125. The first-order valence-electron chi connectivity index (χ1n) is 7.24. The maximum atomic E-state index is 5.31. The minimum Gasteiger partial charge on any atom is -0.369 e. The minimum atomic E-state index is -0.0631. The molecule has 24 heavy (non-hydrogen) atoms. The van der Waals surface area contributed by atoms with Crippen LogP contribution in [-0.2, 0) is 0 Å². The molecular weight excluding hydrogens is 322 g/mol. The summed E-state index contributed by atoms with van der Waals surface area (Å²) in [7, 11) is 0. The van der Waals surface area contributed by atoms with Gasteiger partial charge in [0, 0.05) is 23.6 Å². The molecule has 4 N–H and O–H groups in total. The zero-order valence-corrected chi connectivity index (χ0v) is 14.2. The third kappa shape index (κ3) is 3.33. The third-order valence-corrected chi connectivity index (χ3v) is 4.67. The first kappa shape index (κ1) is 15.9. The lowest BCUT2D eigenvalue weighted by Crippen LogP contribution is -2.22. The predicted molar refractivity (Wildman–Crippen MR) is 97.4 cm³/mol. The molecular formula is C16H17N7S. The molecule has 1 aromatic carbocycles. The van der Waals surface area contributed by atoms with Gasteiger partial charge in [-0.2, -0.15) is 5.10 Å². The number of aryl methyl sites for hydroxylation is 1. The van der Waals surface area contributed by atoms with Gasteiger partial charge in [0.25, 0.3) is 0 Å². The van der Waals surface area contributed by atoms with Gasteiger partial charge in [0.05, 0.1) is 22.6 Å². The van der Waals surface area contributed by atoms with E-state index in [0.717, 1.165) is 32.5 Å². The van der Waals surface area contributed by atoms with Crippen LogP contribution in [0, 0.1) is 6.92 Å². The van der Waals surface area contributed by atoms with E-state index in [4.69, 9.17) is 11.5 Å². The molecule has 0 bridgehead atoms. The largest absolute Gasteiger partial charge is 0.369 e. The van der Waals surface area contributed by atoms with Crippen LogP contribution in [0.25, 0.3) is 16.3 Å². The van der Waals surface area contributed by atoms with Gasteiger partial charge in [-0.15, -0.1) is 16.4 Å². The van der Waals surface area contributed by atoms with Crippen molar-refractivity contribution in [2.45, 2.75) is 13.8 Å². The van der Waals surface area contributed by atoms with Gasteiger partial charge >= 0.3 is 0 Å². The van der Waals surface area contributed by atoms with Gasteiger partial charge in [0.2, 0.25) is 5.96 Å². The van der Waals surface area contributed by atoms with E-state index in [1.807, 2.05) is 48.9 Å². The molecule has 0 saturated carbocycles. The maximum absolute atomic E-state index is 5.31. The zero-order chi connectivity index (χ0) is 17.1. The highest BCUT2D eigenvalue weighted by Gasteiger charge is 2.12. The Balaban J connectivity index is 1.89. The van der Waals surface area contributed by atoms with Crippen molar-refractivity contribution in [3.63, 3.8) is 0 Å². The molecule has 3 aromatic rings. The van der Waals surface area contributed by atoms with Crippen LogP contribution in [0.15, 0.2) is 53.2 Å². The molecule has 122 valence electrons. The number of thiazole rings is 1. The number of guanidine groups is 1. The normalized spacial score (nSPS) is 11.5. The summed E-state index contributed by atoms with van der Waals surface area (Å²) in [6.45, 7) is 3.81. The summed E-state index contributed by atoms with van der Waals surface area (Å²) < 4.78 is 1.95. The summed E-state index contributed by atoms with van der Waals surface area (Å²) >= 11 is 1.56. The maximum Gasteiger partial charge on any atom is 0.211 e. The lowest BCUT2D eigenvalue weighted by Gasteiger charge is -2.02. The van der Waals surface area contributed by atoms with Crippen molar-refractivity contribution in [1.82, 2.24) is 14.5 Å². The van der Waals surface area contributed by atoms with Crippen molar-refractivity contribution >= 4 is 23.0 Å². The second-order valence-electron chi connectivity index (χ2n) is 5.16. The molecule has 0 amide bonds. The van der Waals surface area contributed by atoms with Crippen molar-refractivity contribution < 1.29 is 0 Å². The highest BCUT2D eigenvalue weighted by Crippen LogP contribution is 2.29. The Bertz CT molecular complexity index is 885. The van der Waals surface area contributed by atoms with E-state index < -0.39 is 0 Å². The van der Waals surface area contributed by atoms with E-state index in [1.54, 1.807) is 23.9 Å². The average Bonchev–Trinajstić information content (AvgIpc) is 3.22. The van der Waals surface area contributed by atoms with E-state index in [0.29, 0.717) is 0 Å². The van der Waals surface area contributed by atoms with Crippen LogP contribution in [-0.4, -0.2) is 26.2 Å². The van der Waals surface area contributed by atoms with Crippen LogP contribution in [0.2, 0.25) is 0 Å². The minimum absolute atomic E-state index is 0.0631. The number of nitrogens with two attached hydrogens (primary N) is 2. The topological polar surface area (TPSA) is 107 Å². The van der Waals surface area contributed by atoms with Crippen LogP contribution in [0.1, 0.15) is 17.5 Å². The Morgan fingerprint density at radius 1 is 1.17 bits per heavy atom. The molecule has 0 radical (unpaired) electrons. The molecule has 0 saturated heterocycles. The predicted octanol–water partition coefficient (Wildman–Crippen LogP) is 2.30. The molecule has 0 atom stereocenters. The third-order valence-electron chi connectivity index (χ3n) is 3.36. The second-order valence-corrected chi connectivity index (χ2v) is 6.16. The molecule has 8 heteroatoms. The molecule has 0 aliphatic rings. The number of aromatic nitrogens is 3. The van der Waals surface area contributed by atoms with E-state index in [1.165, 1.54) is 0 Å². The van der Waals surface area contributed by atoms with Gasteiger partial charge < -0.3 is 16.0 Å². The summed E-state index contributed by atoms with van der Waals surface area (Å²) in [6.07, 6.45) is 5.43. The highest BCUT2D eigenvalue weighted by molar-refractivity contribution is 7.17. The summed E-state index contributed by atoms with van der Waals surface area (Å²) in [5.74, 6) is -0.0631. The Kier molecular flexibility index (Phi) is 4.39. The van der Waals surface area contributed by atoms with Gasteiger partial charge in [-0.25, -0.2) is 9.97 Å². The number of imidazole rings is 1. The van der Waals surface area contributed by atoms with Crippen molar-refractivity contribution in [2.75, 3.05) is 0 Å². The Hall–Kier alpha value is -3.00. The van der Waals surface area contributed by atoms with Crippen LogP contribution >= 0.6 is 11.3 Å². The molecule has 0 fully saturated rings. The second kappa shape index (κ2) is 6.63. The van der Waals surface area contributed by atoms with E-state index in [9.17, 15) is 0 Å². The monoisotopic (exact) mass is 339 g/mol. The summed E-state index contributed by atoms with van der Waals surface area (Å²) in [6, 6.07) is 8.15. The van der Waals surface area contributed by atoms with Crippen LogP contribution in [0.5, 0.6) is 0 Å². The van der Waals surface area contributed by atoms with E-state index in [-0.39, 0.29) is 5.96 Å². The quantitative estimate of drug-likeness (QED) is 0.432. The van der Waals surface area contributed by atoms with Crippen LogP contribution in [0.4, 0.5) is 0 Å². The van der Waals surface area contributed by atoms with E-state index in [2.05, 4.69) is 20.2 Å². The fourth-order valence-corrected chi connectivity index (χ4v) is 3.23. The fourth-order valence-electron chi connectivity index (χ4n) is 2.22. The lowest BCUT2D eigenvalue weighted by molar-refractivity contribution is 1.06. The molecule has 0 unspecified atom stereocenters. The van der Waals surface area contributed by atoms with Gasteiger partial charge in [0.15, 0.2) is 0 Å². The number of rotatable bonds is 4. The number of hydrogen-bond acceptors (Lipinski definition) is 5. The van der Waals surface area contributed by atoms with Crippen molar-refractivity contribution in [3.8, 4) is 16.3 Å². The van der Waals surface area contributed by atoms with E-state index >= 15 is 0 Å². The first-order chi connectivity index (χ1) is 11.5. The first-order valence-corrected chi connectivity index (χ1v) is 8.06. The molecule has 0 aliphatic heterocycles. The smallest absolute Gasteiger partial charge is 0.211 e. The molecule has 7 nitrogen and oxygen atoms in total. The van der Waals surface area contributed by atoms with Gasteiger partial charge in [-0.3, -0.25) is 0 Å². The van der Waals surface area contributed by atoms with Crippen molar-refractivity contribution in [1.29, 1.82) is 0 Å². The SMILES string of the molecule is C/C(=N\N=C(N)N)c1sc(-c2ccc(-n3ccnc3)cc2)nc1C. The molecule has 2 heterocycles. The zero-order valence-electron chi connectivity index (χ0n) is 13.3. The Labute approximate surface area is 143 Å². The van der Waals surface area contributed by atoms with Crippen molar-refractivity contribution in [3.05, 3.63) is 53.6 Å². The van der Waals surface area contributed by atoms with Crippen molar-refractivity contribution in [2.24, 2.45) is 21.7 Å². The number of hydrogen-bond donors (Lipinski definition) is 2. The summed E-state index contributed by atoms with van der Waals surface area (Å²) in [4.78, 5) is 9.65. The van der Waals surface area contributed by atoms with Crippen LogP contribution in [0.3, 0.4) is 0 Å². The highest BCUT2D eigenvalue weighted by atomic mass is 32.1. The van der Waals surface area contributed by atoms with Gasteiger partial charge in [-0.1, -0.05) is 0 Å². The Morgan fingerprint density at radius 2 is 1.92 bits per heavy atom. The lowest BCUT2D eigenvalue weighted by atomic mass is 10.2. The van der Waals surface area contributed by atoms with Gasteiger partial charge in [0.1, 0.15) is 5.01 Å². The average molecular weight is 339 g/mol. The standard InChI is InChI=1S/C16H17N7S/c1-10-14(11(2)21-22-16(17)18)24-15(20-10)12-3-5-13(6-4-12)23-8-7-19-9-23/h3-9H,1-2H3,(H4,17,18,22)/b21-11+. The van der Waals surface area contributed by atoms with Crippen LogP contribution < -0.4 is 11.5 Å². The Morgan fingerprint density at radius 3 is 2.54 bits per heavy atom. The van der Waals surface area contributed by atoms with Gasteiger partial charge in [-0.05, 0) is 38.1 Å². The summed E-state index contributed by atoms with van der Waals surface area (Å²) in [5.41, 5.74) is 14.4.